The summed E-state index contributed by atoms with van der Waals surface area (Å²) in [6.45, 7) is 0.944. The van der Waals surface area contributed by atoms with Gasteiger partial charge in [0.1, 0.15) is 0 Å². The van der Waals surface area contributed by atoms with E-state index >= 15 is 0 Å². The van der Waals surface area contributed by atoms with Crippen molar-refractivity contribution >= 4 is 0 Å². The Hall–Kier alpha value is -0.860. The van der Waals surface area contributed by atoms with Gasteiger partial charge in [0, 0.05) is 12.3 Å². The van der Waals surface area contributed by atoms with Gasteiger partial charge in [-0.3, -0.25) is 0 Å². The highest BCUT2D eigenvalue weighted by atomic mass is 16.6. The zero-order valence-corrected chi connectivity index (χ0v) is 10.2. The van der Waals surface area contributed by atoms with E-state index in [0.29, 0.717) is 24.0 Å². The number of hydrogen-bond acceptors (Lipinski definition) is 2. The van der Waals surface area contributed by atoms with Crippen LogP contribution in [0.3, 0.4) is 0 Å². The van der Waals surface area contributed by atoms with Crippen molar-refractivity contribution in [2.75, 3.05) is 6.61 Å². The topological polar surface area (TPSA) is 21.8 Å². The summed E-state index contributed by atoms with van der Waals surface area (Å²) in [5.41, 5.74) is 3.06. The molecule has 0 amide bonds. The van der Waals surface area contributed by atoms with E-state index in [4.69, 9.17) is 9.47 Å². The van der Waals surface area contributed by atoms with Crippen molar-refractivity contribution < 1.29 is 9.47 Å². The van der Waals surface area contributed by atoms with E-state index in [1.807, 2.05) is 0 Å². The number of ether oxygens (including phenoxy) is 2. The van der Waals surface area contributed by atoms with Gasteiger partial charge < -0.3 is 9.47 Å². The fourth-order valence-electron chi connectivity index (χ4n) is 5.75. The van der Waals surface area contributed by atoms with Crippen LogP contribution in [0.5, 0.6) is 0 Å². The minimum Gasteiger partial charge on any atom is -0.370 e. The van der Waals surface area contributed by atoms with Gasteiger partial charge in [0.15, 0.2) is 0 Å². The largest absolute Gasteiger partial charge is 0.370 e. The molecule has 1 spiro atoms. The van der Waals surface area contributed by atoms with Crippen molar-refractivity contribution in [2.24, 2.45) is 17.8 Å². The molecular formula is C16H16O2. The van der Waals surface area contributed by atoms with Crippen molar-refractivity contribution in [1.29, 1.82) is 0 Å². The highest BCUT2D eigenvalue weighted by Gasteiger charge is 2.73. The Kier molecular flexibility index (Phi) is 1.29. The number of benzene rings is 1. The van der Waals surface area contributed by atoms with E-state index in [1.165, 1.54) is 18.4 Å². The maximum atomic E-state index is 6.18. The van der Waals surface area contributed by atoms with Gasteiger partial charge >= 0.3 is 0 Å². The van der Waals surface area contributed by atoms with Crippen LogP contribution in [0.1, 0.15) is 29.9 Å². The molecule has 18 heavy (non-hydrogen) atoms. The van der Waals surface area contributed by atoms with Gasteiger partial charge in [-0.05, 0) is 35.3 Å². The van der Waals surface area contributed by atoms with Crippen LogP contribution in [-0.2, 0) is 15.1 Å². The molecule has 2 heteroatoms. The Labute approximate surface area is 106 Å². The first kappa shape index (κ1) is 9.11. The summed E-state index contributed by atoms with van der Waals surface area (Å²) >= 11 is 0. The summed E-state index contributed by atoms with van der Waals surface area (Å²) in [6.07, 6.45) is 3.78. The molecule has 2 nitrogen and oxygen atoms in total. The lowest BCUT2D eigenvalue weighted by molar-refractivity contribution is -0.205. The Balaban J connectivity index is 1.62. The van der Waals surface area contributed by atoms with E-state index in [-0.39, 0.29) is 5.60 Å². The predicted octanol–water partition coefficient (Wildman–Crippen LogP) is 2.43. The minimum atomic E-state index is 0.0647. The molecule has 6 rings (SSSR count). The molecule has 4 bridgehead atoms. The summed E-state index contributed by atoms with van der Waals surface area (Å²) in [7, 11) is 0. The lowest BCUT2D eigenvalue weighted by Crippen LogP contribution is -2.53. The molecule has 7 atom stereocenters. The van der Waals surface area contributed by atoms with E-state index in [9.17, 15) is 0 Å². The van der Waals surface area contributed by atoms with Crippen LogP contribution in [0.4, 0.5) is 0 Å². The lowest BCUT2D eigenvalue weighted by atomic mass is 9.59. The molecule has 1 aromatic rings. The van der Waals surface area contributed by atoms with E-state index in [2.05, 4.69) is 24.3 Å². The Morgan fingerprint density at radius 3 is 2.89 bits per heavy atom. The van der Waals surface area contributed by atoms with Gasteiger partial charge in [-0.2, -0.15) is 0 Å². The SMILES string of the molecule is c1cc2cc(c1)C1(CCO1)C1C3CC(C4OC34)C21. The van der Waals surface area contributed by atoms with Crippen molar-refractivity contribution in [3.63, 3.8) is 0 Å². The average Bonchev–Trinajstić information content (AvgIpc) is 2.95. The third kappa shape index (κ3) is 0.759. The van der Waals surface area contributed by atoms with Gasteiger partial charge in [0.2, 0.25) is 0 Å². The van der Waals surface area contributed by atoms with E-state index < -0.39 is 0 Å². The van der Waals surface area contributed by atoms with Crippen LogP contribution in [0.15, 0.2) is 24.3 Å². The molecule has 92 valence electrons. The highest BCUT2D eigenvalue weighted by molar-refractivity contribution is 5.43. The Bertz CT molecular complexity index is 562. The minimum absolute atomic E-state index is 0.0647. The zero-order valence-electron chi connectivity index (χ0n) is 10.2. The molecule has 2 saturated heterocycles. The predicted molar refractivity (Wildman–Crippen MR) is 65.2 cm³/mol. The monoisotopic (exact) mass is 240 g/mol. The molecule has 7 unspecified atom stereocenters. The van der Waals surface area contributed by atoms with Crippen LogP contribution >= 0.6 is 0 Å². The molecule has 0 radical (unpaired) electrons. The molecule has 3 aliphatic carbocycles. The van der Waals surface area contributed by atoms with Crippen LogP contribution < -0.4 is 0 Å². The number of fused-ring (bicyclic) bond motifs is 13. The Morgan fingerprint density at radius 2 is 2.06 bits per heavy atom. The number of hydrogen-bond donors (Lipinski definition) is 0. The fourth-order valence-corrected chi connectivity index (χ4v) is 5.75. The van der Waals surface area contributed by atoms with E-state index in [0.717, 1.165) is 18.4 Å². The molecule has 5 aliphatic rings. The highest BCUT2D eigenvalue weighted by Crippen LogP contribution is 2.71. The molecule has 4 fully saturated rings. The summed E-state index contributed by atoms with van der Waals surface area (Å²) in [5, 5.41) is 0. The number of epoxide rings is 1. The van der Waals surface area contributed by atoms with Gasteiger partial charge in [0.05, 0.1) is 24.4 Å². The lowest BCUT2D eigenvalue weighted by Gasteiger charge is -2.54. The van der Waals surface area contributed by atoms with Crippen molar-refractivity contribution in [2.45, 2.75) is 36.6 Å². The standard InChI is InChI=1S/C16H16O2/c1-2-8-6-9(3-1)16(4-5-17-16)13-11-7-10(12(8)13)14-15(11)18-14/h1-3,6,10-15H,4-5,7H2. The first-order chi connectivity index (χ1) is 8.88. The van der Waals surface area contributed by atoms with Crippen LogP contribution in [-0.4, -0.2) is 18.8 Å². The second-order valence-electron chi connectivity index (χ2n) is 6.79. The maximum absolute atomic E-state index is 6.18. The van der Waals surface area contributed by atoms with Crippen molar-refractivity contribution in [3.05, 3.63) is 35.4 Å². The van der Waals surface area contributed by atoms with E-state index in [1.54, 1.807) is 5.56 Å². The fraction of sp³-hybridized carbons (Fsp3) is 0.625. The van der Waals surface area contributed by atoms with Gasteiger partial charge in [-0.1, -0.05) is 24.3 Å². The molecule has 1 aromatic carbocycles. The zero-order chi connectivity index (χ0) is 11.5. The second-order valence-corrected chi connectivity index (χ2v) is 6.79. The normalized spacial score (nSPS) is 57.1. The van der Waals surface area contributed by atoms with Crippen LogP contribution in [0.25, 0.3) is 0 Å². The van der Waals surface area contributed by atoms with Gasteiger partial charge in [-0.25, -0.2) is 0 Å². The number of rotatable bonds is 0. The summed E-state index contributed by atoms with van der Waals surface area (Å²) in [5.74, 6) is 2.97. The molecule has 2 heterocycles. The molecule has 0 N–H and O–H groups in total. The van der Waals surface area contributed by atoms with Crippen LogP contribution in [0.2, 0.25) is 0 Å². The van der Waals surface area contributed by atoms with Crippen molar-refractivity contribution in [1.82, 2.24) is 0 Å². The maximum Gasteiger partial charge on any atom is 0.0990 e. The molecular weight excluding hydrogens is 224 g/mol. The summed E-state index contributed by atoms with van der Waals surface area (Å²) in [4.78, 5) is 0. The molecule has 2 aliphatic heterocycles. The van der Waals surface area contributed by atoms with Crippen LogP contribution in [0, 0.1) is 17.8 Å². The van der Waals surface area contributed by atoms with Crippen molar-refractivity contribution in [3.8, 4) is 0 Å². The second kappa shape index (κ2) is 2.54. The van der Waals surface area contributed by atoms with Gasteiger partial charge in [-0.15, -0.1) is 0 Å². The first-order valence-electron chi connectivity index (χ1n) is 7.28. The summed E-state index contributed by atoms with van der Waals surface area (Å²) < 4.78 is 12.1. The van der Waals surface area contributed by atoms with Gasteiger partial charge in [0.25, 0.3) is 0 Å². The first-order valence-corrected chi connectivity index (χ1v) is 7.28. The molecule has 0 aromatic heterocycles. The molecule has 2 saturated carbocycles. The third-order valence-electron chi connectivity index (χ3n) is 6.39. The quantitative estimate of drug-likeness (QED) is 0.650. The summed E-state index contributed by atoms with van der Waals surface area (Å²) in [6, 6.07) is 9.24. The Morgan fingerprint density at radius 1 is 1.17 bits per heavy atom. The smallest absolute Gasteiger partial charge is 0.0990 e. The third-order valence-corrected chi connectivity index (χ3v) is 6.39. The average molecular weight is 240 g/mol.